The molecular weight excluding hydrogens is 327 g/mol. The summed E-state index contributed by atoms with van der Waals surface area (Å²) in [6, 6.07) is 12.1. The first-order valence-electron chi connectivity index (χ1n) is 7.75. The minimum atomic E-state index is -0.870. The maximum absolute atomic E-state index is 12.8. The van der Waals surface area contributed by atoms with Gasteiger partial charge in [0.05, 0.1) is 0 Å². The number of aryl methyl sites for hydroxylation is 1. The van der Waals surface area contributed by atoms with E-state index in [1.807, 2.05) is 6.92 Å². The predicted octanol–water partition coefficient (Wildman–Crippen LogP) is 3.06. The largest absolute Gasteiger partial charge is 0.491 e. The van der Waals surface area contributed by atoms with Crippen molar-refractivity contribution in [2.24, 2.45) is 0 Å². The molecule has 0 bridgehead atoms. The lowest BCUT2D eigenvalue weighted by Crippen LogP contribution is -2.25. The zero-order valence-corrected chi connectivity index (χ0v) is 13.6. The Labute approximate surface area is 143 Å². The third-order valence-corrected chi connectivity index (χ3v) is 3.62. The van der Waals surface area contributed by atoms with Crippen LogP contribution in [0, 0.1) is 12.7 Å². The summed E-state index contributed by atoms with van der Waals surface area (Å²) in [7, 11) is 0. The number of benzene rings is 2. The van der Waals surface area contributed by atoms with E-state index in [9.17, 15) is 14.3 Å². The quantitative estimate of drug-likeness (QED) is 0.696. The van der Waals surface area contributed by atoms with Crippen LogP contribution in [-0.2, 0) is 0 Å². The van der Waals surface area contributed by atoms with Crippen LogP contribution in [-0.4, -0.2) is 24.4 Å². The van der Waals surface area contributed by atoms with Crippen molar-refractivity contribution in [3.8, 4) is 11.5 Å². The molecule has 0 aliphatic rings. The van der Waals surface area contributed by atoms with Crippen LogP contribution in [0.2, 0.25) is 0 Å². The fourth-order valence-corrected chi connectivity index (χ4v) is 2.36. The Morgan fingerprint density at radius 3 is 2.40 bits per heavy atom. The second kappa shape index (κ2) is 7.36. The number of fused-ring (bicyclic) bond motifs is 1. The monoisotopic (exact) mass is 344 g/mol. The van der Waals surface area contributed by atoms with Crippen molar-refractivity contribution < 1.29 is 23.4 Å². The topological polar surface area (TPSA) is 68.9 Å². The molecule has 0 saturated carbocycles. The van der Waals surface area contributed by atoms with E-state index in [4.69, 9.17) is 13.9 Å². The van der Waals surface area contributed by atoms with Gasteiger partial charge in [-0.1, -0.05) is 0 Å². The average Bonchev–Trinajstić information content (AvgIpc) is 2.59. The summed E-state index contributed by atoms with van der Waals surface area (Å²) in [5.74, 6) is 0.583. The lowest BCUT2D eigenvalue weighted by atomic mass is 10.1. The van der Waals surface area contributed by atoms with Crippen molar-refractivity contribution >= 4 is 11.0 Å². The van der Waals surface area contributed by atoms with Gasteiger partial charge in [0, 0.05) is 17.5 Å². The lowest BCUT2D eigenvalue weighted by molar-refractivity contribution is 0.0626. The first-order valence-corrected chi connectivity index (χ1v) is 7.75. The summed E-state index contributed by atoms with van der Waals surface area (Å²) < 4.78 is 28.8. The van der Waals surface area contributed by atoms with E-state index >= 15 is 0 Å². The molecule has 6 heteroatoms. The van der Waals surface area contributed by atoms with E-state index < -0.39 is 11.7 Å². The van der Waals surface area contributed by atoms with Crippen molar-refractivity contribution in [3.05, 3.63) is 70.3 Å². The Bertz CT molecular complexity index is 917. The van der Waals surface area contributed by atoms with Crippen LogP contribution in [0.25, 0.3) is 11.0 Å². The van der Waals surface area contributed by atoms with E-state index in [0.717, 1.165) is 10.9 Å². The number of hydrogen-bond acceptors (Lipinski definition) is 5. The zero-order chi connectivity index (χ0) is 17.8. The third-order valence-electron chi connectivity index (χ3n) is 3.62. The average molecular weight is 344 g/mol. The van der Waals surface area contributed by atoms with Gasteiger partial charge in [0.2, 0.25) is 0 Å². The van der Waals surface area contributed by atoms with Gasteiger partial charge < -0.3 is 19.0 Å². The van der Waals surface area contributed by atoms with Crippen molar-refractivity contribution in [2.45, 2.75) is 13.0 Å². The first kappa shape index (κ1) is 17.0. The summed E-state index contributed by atoms with van der Waals surface area (Å²) in [6.45, 7) is 1.84. The van der Waals surface area contributed by atoms with Gasteiger partial charge in [-0.3, -0.25) is 0 Å². The van der Waals surface area contributed by atoms with Crippen LogP contribution in [0.1, 0.15) is 5.56 Å². The normalized spacial score (nSPS) is 12.1. The van der Waals surface area contributed by atoms with Crippen molar-refractivity contribution in [2.75, 3.05) is 13.2 Å². The van der Waals surface area contributed by atoms with Gasteiger partial charge in [-0.2, -0.15) is 0 Å². The molecule has 0 spiro atoms. The summed E-state index contributed by atoms with van der Waals surface area (Å²) in [5, 5.41) is 10.8. The van der Waals surface area contributed by atoms with Gasteiger partial charge in [-0.25, -0.2) is 9.18 Å². The molecule has 25 heavy (non-hydrogen) atoms. The maximum atomic E-state index is 12.8. The molecule has 0 aliphatic heterocycles. The van der Waals surface area contributed by atoms with Crippen LogP contribution in [0.15, 0.2) is 57.7 Å². The molecule has 1 aromatic heterocycles. The molecule has 5 nitrogen and oxygen atoms in total. The Hall–Kier alpha value is -2.86. The predicted molar refractivity (Wildman–Crippen MR) is 90.6 cm³/mol. The SMILES string of the molecule is Cc1cc(=O)oc2cc(OCC(O)COc3ccc(F)cc3)ccc12. The summed E-state index contributed by atoms with van der Waals surface area (Å²) in [6.07, 6.45) is -0.870. The van der Waals surface area contributed by atoms with E-state index in [1.165, 1.54) is 30.3 Å². The Kier molecular flexibility index (Phi) is 5.00. The number of hydrogen-bond donors (Lipinski definition) is 1. The molecule has 0 fully saturated rings. The van der Waals surface area contributed by atoms with E-state index in [1.54, 1.807) is 18.2 Å². The Morgan fingerprint density at radius 2 is 1.68 bits per heavy atom. The van der Waals surface area contributed by atoms with Crippen LogP contribution in [0.4, 0.5) is 4.39 Å². The molecule has 0 saturated heterocycles. The van der Waals surface area contributed by atoms with Gasteiger partial charge in [0.1, 0.15) is 42.2 Å². The van der Waals surface area contributed by atoms with Gasteiger partial charge in [0.25, 0.3) is 0 Å². The van der Waals surface area contributed by atoms with E-state index in [0.29, 0.717) is 17.1 Å². The van der Waals surface area contributed by atoms with Crippen LogP contribution >= 0.6 is 0 Å². The molecule has 1 heterocycles. The molecule has 0 aliphatic carbocycles. The summed E-state index contributed by atoms with van der Waals surface area (Å²) >= 11 is 0. The van der Waals surface area contributed by atoms with E-state index in [-0.39, 0.29) is 19.0 Å². The molecular formula is C19H17FO5. The van der Waals surface area contributed by atoms with Gasteiger partial charge >= 0.3 is 5.63 Å². The van der Waals surface area contributed by atoms with E-state index in [2.05, 4.69) is 0 Å². The zero-order valence-electron chi connectivity index (χ0n) is 13.6. The molecule has 1 atom stereocenters. The van der Waals surface area contributed by atoms with Gasteiger partial charge in [-0.15, -0.1) is 0 Å². The molecule has 2 aromatic carbocycles. The highest BCUT2D eigenvalue weighted by Crippen LogP contribution is 2.22. The van der Waals surface area contributed by atoms with Crippen molar-refractivity contribution in [3.63, 3.8) is 0 Å². The number of aliphatic hydroxyl groups excluding tert-OH is 1. The highest BCUT2D eigenvalue weighted by molar-refractivity contribution is 5.81. The first-order chi connectivity index (χ1) is 12.0. The van der Waals surface area contributed by atoms with Gasteiger partial charge in [-0.05, 0) is 48.9 Å². The molecule has 0 amide bonds. The lowest BCUT2D eigenvalue weighted by Gasteiger charge is -2.14. The highest BCUT2D eigenvalue weighted by atomic mass is 19.1. The number of halogens is 1. The molecule has 3 aromatic rings. The van der Waals surface area contributed by atoms with Crippen LogP contribution in [0.5, 0.6) is 11.5 Å². The standard InChI is InChI=1S/C19H17FO5/c1-12-8-19(22)25-18-9-16(6-7-17(12)18)24-11-14(21)10-23-15-4-2-13(20)3-5-15/h2-9,14,21H,10-11H2,1H3. The second-order valence-electron chi connectivity index (χ2n) is 5.64. The minimum Gasteiger partial charge on any atom is -0.491 e. The fraction of sp³-hybridized carbons (Fsp3) is 0.211. The van der Waals surface area contributed by atoms with Crippen LogP contribution < -0.4 is 15.1 Å². The molecule has 1 N–H and O–H groups in total. The Balaban J connectivity index is 1.58. The number of ether oxygens (including phenoxy) is 2. The fourth-order valence-electron chi connectivity index (χ4n) is 2.36. The van der Waals surface area contributed by atoms with Gasteiger partial charge in [0.15, 0.2) is 0 Å². The second-order valence-corrected chi connectivity index (χ2v) is 5.64. The summed E-state index contributed by atoms with van der Waals surface area (Å²) in [4.78, 5) is 11.4. The highest BCUT2D eigenvalue weighted by Gasteiger charge is 2.09. The minimum absolute atomic E-state index is 0.00273. The van der Waals surface area contributed by atoms with Crippen molar-refractivity contribution in [1.82, 2.24) is 0 Å². The molecule has 130 valence electrons. The third kappa shape index (κ3) is 4.36. The number of rotatable bonds is 6. The molecule has 1 unspecified atom stereocenters. The van der Waals surface area contributed by atoms with Crippen molar-refractivity contribution in [1.29, 1.82) is 0 Å². The number of aliphatic hydroxyl groups is 1. The Morgan fingerprint density at radius 1 is 1.04 bits per heavy atom. The molecule has 0 radical (unpaired) electrons. The molecule has 3 rings (SSSR count). The van der Waals surface area contributed by atoms with Crippen LogP contribution in [0.3, 0.4) is 0 Å². The summed E-state index contributed by atoms with van der Waals surface area (Å²) in [5.41, 5.74) is 0.833. The smallest absolute Gasteiger partial charge is 0.336 e. The maximum Gasteiger partial charge on any atom is 0.336 e.